The fourth-order valence-corrected chi connectivity index (χ4v) is 5.71. The summed E-state index contributed by atoms with van der Waals surface area (Å²) in [7, 11) is 1.62. The van der Waals surface area contributed by atoms with Gasteiger partial charge in [0.25, 0.3) is 5.91 Å². The molecule has 216 valence electrons. The van der Waals surface area contributed by atoms with Crippen LogP contribution >= 0.6 is 0 Å². The van der Waals surface area contributed by atoms with E-state index in [1.54, 1.807) is 41.2 Å². The molecule has 2 heterocycles. The molecule has 2 aliphatic heterocycles. The lowest BCUT2D eigenvalue weighted by Crippen LogP contribution is -2.58. The normalized spacial score (nSPS) is 15.8. The van der Waals surface area contributed by atoms with Crippen molar-refractivity contribution in [1.29, 1.82) is 5.26 Å². The van der Waals surface area contributed by atoms with E-state index in [0.717, 1.165) is 17.0 Å². The lowest BCUT2D eigenvalue weighted by atomic mass is 9.85. The van der Waals surface area contributed by atoms with E-state index in [4.69, 9.17) is 10.00 Å². The van der Waals surface area contributed by atoms with Crippen LogP contribution in [0.2, 0.25) is 0 Å². The molecule has 2 saturated heterocycles. The highest BCUT2D eigenvalue weighted by atomic mass is 16.5. The Balaban J connectivity index is 1.23. The lowest BCUT2D eigenvalue weighted by Gasteiger charge is -2.43. The Morgan fingerprint density at radius 2 is 1.67 bits per heavy atom. The Morgan fingerprint density at radius 3 is 2.36 bits per heavy atom. The van der Waals surface area contributed by atoms with Crippen molar-refractivity contribution in [2.75, 3.05) is 50.2 Å². The summed E-state index contributed by atoms with van der Waals surface area (Å²) in [5, 5.41) is 14.8. The van der Waals surface area contributed by atoms with Crippen molar-refractivity contribution in [2.45, 2.75) is 24.8 Å². The van der Waals surface area contributed by atoms with Gasteiger partial charge in [-0.2, -0.15) is 5.26 Å². The SMILES string of the molecule is COc1ccccc1CCNC(=O)CN1CN(c2ccccc2)C2(CCN(C(=O)Nc3ccc(C#N)cc3)CC2)C1=O. The molecule has 3 aromatic carbocycles. The van der Waals surface area contributed by atoms with Gasteiger partial charge in [-0.25, -0.2) is 4.79 Å². The second-order valence-electron chi connectivity index (χ2n) is 10.5. The lowest BCUT2D eigenvalue weighted by molar-refractivity contribution is -0.137. The van der Waals surface area contributed by atoms with Gasteiger partial charge in [0.2, 0.25) is 5.91 Å². The summed E-state index contributed by atoms with van der Waals surface area (Å²) in [6, 6.07) is 25.9. The monoisotopic (exact) mass is 566 g/mol. The minimum absolute atomic E-state index is 0.0429. The van der Waals surface area contributed by atoms with Gasteiger partial charge in [0, 0.05) is 31.0 Å². The van der Waals surface area contributed by atoms with Crippen LogP contribution in [0.1, 0.15) is 24.0 Å². The number of piperidine rings is 1. The first kappa shape index (κ1) is 28.5. The Morgan fingerprint density at radius 1 is 0.976 bits per heavy atom. The van der Waals surface area contributed by atoms with Crippen LogP contribution in [0, 0.1) is 11.3 Å². The van der Waals surface area contributed by atoms with Crippen molar-refractivity contribution < 1.29 is 19.1 Å². The molecule has 0 aliphatic carbocycles. The third-order valence-electron chi connectivity index (χ3n) is 7.97. The molecule has 1 spiro atoms. The molecule has 2 fully saturated rings. The number of rotatable bonds is 8. The first-order chi connectivity index (χ1) is 20.4. The number of nitrogens with one attached hydrogen (secondary N) is 2. The van der Waals surface area contributed by atoms with Crippen molar-refractivity contribution in [1.82, 2.24) is 15.1 Å². The van der Waals surface area contributed by atoms with E-state index < -0.39 is 5.54 Å². The molecule has 10 heteroatoms. The molecule has 2 aliphatic rings. The number of urea groups is 1. The quantitative estimate of drug-likeness (QED) is 0.430. The van der Waals surface area contributed by atoms with E-state index in [1.165, 1.54) is 0 Å². The fraction of sp³-hybridized carbons (Fsp3) is 0.312. The Bertz CT molecular complexity index is 1460. The molecule has 10 nitrogen and oxygen atoms in total. The van der Waals surface area contributed by atoms with E-state index >= 15 is 0 Å². The van der Waals surface area contributed by atoms with Crippen molar-refractivity contribution in [3.05, 3.63) is 90.0 Å². The number of benzene rings is 3. The number of hydrogen-bond donors (Lipinski definition) is 2. The van der Waals surface area contributed by atoms with Crippen molar-refractivity contribution in [3.63, 3.8) is 0 Å². The zero-order valence-electron chi connectivity index (χ0n) is 23.6. The van der Waals surface area contributed by atoms with E-state index in [-0.39, 0.29) is 24.4 Å². The van der Waals surface area contributed by atoms with Crippen LogP contribution in [0.25, 0.3) is 0 Å². The van der Waals surface area contributed by atoms with Gasteiger partial charge < -0.3 is 30.1 Å². The number of nitriles is 1. The van der Waals surface area contributed by atoms with Gasteiger partial charge in [-0.1, -0.05) is 36.4 Å². The molecule has 0 aromatic heterocycles. The largest absolute Gasteiger partial charge is 0.496 e. The molecule has 0 radical (unpaired) electrons. The van der Waals surface area contributed by atoms with Gasteiger partial charge >= 0.3 is 6.03 Å². The van der Waals surface area contributed by atoms with Gasteiger partial charge in [0.15, 0.2) is 0 Å². The van der Waals surface area contributed by atoms with Crippen LogP contribution in [-0.2, 0) is 16.0 Å². The summed E-state index contributed by atoms with van der Waals surface area (Å²) in [4.78, 5) is 45.3. The molecule has 0 bridgehead atoms. The van der Waals surface area contributed by atoms with Crippen LogP contribution in [0.5, 0.6) is 5.75 Å². The minimum atomic E-state index is -0.843. The third kappa shape index (κ3) is 6.00. The third-order valence-corrected chi connectivity index (χ3v) is 7.97. The zero-order valence-corrected chi connectivity index (χ0v) is 23.6. The Kier molecular flexibility index (Phi) is 8.58. The number of likely N-dealkylation sites (tertiary alicyclic amines) is 1. The van der Waals surface area contributed by atoms with Crippen LogP contribution in [0.3, 0.4) is 0 Å². The topological polar surface area (TPSA) is 118 Å². The highest BCUT2D eigenvalue weighted by molar-refractivity contribution is 5.97. The maximum Gasteiger partial charge on any atom is 0.321 e. The summed E-state index contributed by atoms with van der Waals surface area (Å²) < 4.78 is 5.39. The predicted molar refractivity (Wildman–Crippen MR) is 159 cm³/mol. The molecule has 0 saturated carbocycles. The van der Waals surface area contributed by atoms with Crippen molar-refractivity contribution in [3.8, 4) is 11.8 Å². The van der Waals surface area contributed by atoms with Crippen molar-refractivity contribution in [2.24, 2.45) is 0 Å². The maximum absolute atomic E-state index is 14.0. The Hall–Kier alpha value is -5.04. The van der Waals surface area contributed by atoms with Crippen LogP contribution in [0.4, 0.5) is 16.2 Å². The average molecular weight is 567 g/mol. The Labute approximate surface area is 245 Å². The molecule has 4 amide bonds. The number of nitrogens with zero attached hydrogens (tertiary/aromatic N) is 4. The minimum Gasteiger partial charge on any atom is -0.496 e. The van der Waals surface area contributed by atoms with E-state index in [0.29, 0.717) is 56.8 Å². The van der Waals surface area contributed by atoms with Gasteiger partial charge in [0.05, 0.1) is 25.4 Å². The highest BCUT2D eigenvalue weighted by Gasteiger charge is 2.54. The number of ether oxygens (including phenoxy) is 1. The van der Waals surface area contributed by atoms with E-state index in [1.807, 2.05) is 54.6 Å². The fourth-order valence-electron chi connectivity index (χ4n) is 5.71. The molecule has 0 unspecified atom stereocenters. The standard InChI is InChI=1S/C32H34N6O4/c1-42-28-10-6-5-7-25(28)15-18-34-29(39)22-37-23-38(27-8-3-2-4-9-27)32(30(37)40)16-19-36(20-17-32)31(41)35-26-13-11-24(21-33)12-14-26/h2-14H,15-20,22-23H2,1H3,(H,34,39)(H,35,41). The van der Waals surface area contributed by atoms with Crippen LogP contribution in [0.15, 0.2) is 78.9 Å². The highest BCUT2D eigenvalue weighted by Crippen LogP contribution is 2.39. The summed E-state index contributed by atoms with van der Waals surface area (Å²) in [6.45, 7) is 1.45. The average Bonchev–Trinajstić information content (AvgIpc) is 3.28. The predicted octanol–water partition coefficient (Wildman–Crippen LogP) is 3.60. The van der Waals surface area contributed by atoms with Gasteiger partial charge in [-0.05, 0) is 67.3 Å². The summed E-state index contributed by atoms with van der Waals surface area (Å²) in [5.41, 5.74) is 2.18. The number of para-hydroxylation sites is 2. The molecular formula is C32H34N6O4. The first-order valence-corrected chi connectivity index (χ1v) is 14.0. The summed E-state index contributed by atoms with van der Waals surface area (Å²) in [5.74, 6) is 0.458. The number of hydrogen-bond acceptors (Lipinski definition) is 6. The molecule has 2 N–H and O–H groups in total. The molecule has 3 aromatic rings. The summed E-state index contributed by atoms with van der Waals surface area (Å²) >= 11 is 0. The van der Waals surface area contributed by atoms with Crippen molar-refractivity contribution >= 4 is 29.2 Å². The van der Waals surface area contributed by atoms with E-state index in [2.05, 4.69) is 21.6 Å². The van der Waals surface area contributed by atoms with Gasteiger partial charge in [0.1, 0.15) is 17.8 Å². The summed E-state index contributed by atoms with van der Waals surface area (Å²) in [6.07, 6.45) is 1.49. The molecule has 42 heavy (non-hydrogen) atoms. The van der Waals surface area contributed by atoms with Gasteiger partial charge in [-0.15, -0.1) is 0 Å². The first-order valence-electron chi connectivity index (χ1n) is 14.0. The number of anilines is 2. The molecule has 0 atom stereocenters. The van der Waals surface area contributed by atoms with Crippen LogP contribution in [-0.4, -0.2) is 73.1 Å². The zero-order chi connectivity index (χ0) is 29.5. The molecular weight excluding hydrogens is 532 g/mol. The number of methoxy groups -OCH3 is 1. The maximum atomic E-state index is 14.0. The second kappa shape index (κ2) is 12.6. The smallest absolute Gasteiger partial charge is 0.321 e. The number of carbonyl (C=O) groups is 3. The van der Waals surface area contributed by atoms with Gasteiger partial charge in [-0.3, -0.25) is 9.59 Å². The number of carbonyl (C=O) groups excluding carboxylic acids is 3. The molecule has 5 rings (SSSR count). The van der Waals surface area contributed by atoms with Crippen LogP contribution < -0.4 is 20.3 Å². The number of amides is 4. The second-order valence-corrected chi connectivity index (χ2v) is 10.5. The van der Waals surface area contributed by atoms with E-state index in [9.17, 15) is 14.4 Å².